The van der Waals surface area contributed by atoms with Crippen LogP contribution >= 0.6 is 0 Å². The van der Waals surface area contributed by atoms with Crippen LogP contribution in [0.3, 0.4) is 0 Å². The van der Waals surface area contributed by atoms with Crippen molar-refractivity contribution >= 4 is 5.97 Å². The number of alkyl halides is 3. The quantitative estimate of drug-likeness (QED) is 0.805. The van der Waals surface area contributed by atoms with E-state index in [1.165, 1.54) is 12.1 Å². The first-order valence-corrected chi connectivity index (χ1v) is 7.66. The van der Waals surface area contributed by atoms with Crippen LogP contribution in [0.25, 0.3) is 11.1 Å². The lowest BCUT2D eigenvalue weighted by atomic mass is 10.0. The van der Waals surface area contributed by atoms with Crippen molar-refractivity contribution in [3.05, 3.63) is 54.1 Å². The summed E-state index contributed by atoms with van der Waals surface area (Å²) in [6, 6.07) is 12.1. The first-order valence-electron chi connectivity index (χ1n) is 7.66. The highest BCUT2D eigenvalue weighted by molar-refractivity contribution is 5.76. The normalized spacial score (nSPS) is 12.5. The van der Waals surface area contributed by atoms with Gasteiger partial charge in [0, 0.05) is 0 Å². The van der Waals surface area contributed by atoms with Crippen molar-refractivity contribution in [3.63, 3.8) is 0 Å². The fraction of sp³-hybridized carbons (Fsp3) is 0.278. The standard InChI is InChI=1S/C18H18F3NO3/c1-2-24-17(23)16(22)11-12-3-5-13(6-4-12)14-7-9-15(10-8-14)25-18(19,20)21/h3-10,16H,2,11,22H2,1H3. The molecule has 0 amide bonds. The number of ether oxygens (including phenoxy) is 2. The van der Waals surface area contributed by atoms with Gasteiger partial charge in [-0.3, -0.25) is 4.79 Å². The molecule has 0 saturated carbocycles. The van der Waals surface area contributed by atoms with Gasteiger partial charge in [-0.25, -0.2) is 0 Å². The molecular weight excluding hydrogens is 335 g/mol. The molecule has 0 aromatic heterocycles. The van der Waals surface area contributed by atoms with Gasteiger partial charge in [-0.05, 0) is 42.2 Å². The van der Waals surface area contributed by atoms with E-state index in [1.54, 1.807) is 19.1 Å². The minimum absolute atomic E-state index is 0.270. The van der Waals surface area contributed by atoms with Crippen molar-refractivity contribution in [2.24, 2.45) is 5.73 Å². The third-order valence-corrected chi connectivity index (χ3v) is 3.42. The van der Waals surface area contributed by atoms with Gasteiger partial charge in [0.2, 0.25) is 0 Å². The summed E-state index contributed by atoms with van der Waals surface area (Å²) in [5.41, 5.74) is 8.21. The van der Waals surface area contributed by atoms with Gasteiger partial charge >= 0.3 is 12.3 Å². The highest BCUT2D eigenvalue weighted by Gasteiger charge is 2.30. The fourth-order valence-corrected chi connectivity index (χ4v) is 2.27. The van der Waals surface area contributed by atoms with Crippen molar-refractivity contribution in [2.45, 2.75) is 25.7 Å². The minimum Gasteiger partial charge on any atom is -0.465 e. The van der Waals surface area contributed by atoms with Crippen LogP contribution in [-0.4, -0.2) is 25.0 Å². The SMILES string of the molecule is CCOC(=O)C(N)Cc1ccc(-c2ccc(OC(F)(F)F)cc2)cc1. The maximum absolute atomic E-state index is 12.2. The maximum atomic E-state index is 12.2. The molecule has 0 aliphatic rings. The third kappa shape index (κ3) is 5.79. The third-order valence-electron chi connectivity index (χ3n) is 3.42. The number of hydrogen-bond acceptors (Lipinski definition) is 4. The largest absolute Gasteiger partial charge is 0.573 e. The van der Waals surface area contributed by atoms with Crippen LogP contribution in [0.15, 0.2) is 48.5 Å². The molecule has 134 valence electrons. The topological polar surface area (TPSA) is 61.5 Å². The van der Waals surface area contributed by atoms with Gasteiger partial charge in [0.25, 0.3) is 0 Å². The Labute approximate surface area is 143 Å². The van der Waals surface area contributed by atoms with Crippen molar-refractivity contribution in [1.82, 2.24) is 0 Å². The van der Waals surface area contributed by atoms with Gasteiger partial charge in [0.1, 0.15) is 11.8 Å². The molecule has 0 bridgehead atoms. The van der Waals surface area contributed by atoms with Crippen LogP contribution in [0.1, 0.15) is 12.5 Å². The molecule has 2 aromatic carbocycles. The lowest BCUT2D eigenvalue weighted by Gasteiger charge is -2.11. The zero-order chi connectivity index (χ0) is 18.4. The van der Waals surface area contributed by atoms with Crippen molar-refractivity contribution in [2.75, 3.05) is 6.61 Å². The van der Waals surface area contributed by atoms with Gasteiger partial charge in [0.15, 0.2) is 0 Å². The van der Waals surface area contributed by atoms with Crippen LogP contribution in [0, 0.1) is 0 Å². The van der Waals surface area contributed by atoms with Gasteiger partial charge in [-0.1, -0.05) is 36.4 Å². The van der Waals surface area contributed by atoms with Gasteiger partial charge in [0.05, 0.1) is 6.61 Å². The Morgan fingerprint density at radius 1 is 1.04 bits per heavy atom. The number of esters is 1. The molecule has 2 rings (SSSR count). The predicted octanol–water partition coefficient (Wildman–Crippen LogP) is 3.69. The van der Waals surface area contributed by atoms with E-state index < -0.39 is 18.4 Å². The molecule has 4 nitrogen and oxygen atoms in total. The number of nitrogens with two attached hydrogens (primary N) is 1. The Balaban J connectivity index is 2.03. The molecule has 0 heterocycles. The second-order valence-corrected chi connectivity index (χ2v) is 5.33. The van der Waals surface area contributed by atoms with E-state index in [4.69, 9.17) is 10.5 Å². The van der Waals surface area contributed by atoms with E-state index in [0.717, 1.165) is 16.7 Å². The molecule has 7 heteroatoms. The molecular formula is C18H18F3NO3. The van der Waals surface area contributed by atoms with Gasteiger partial charge in [-0.2, -0.15) is 0 Å². The van der Waals surface area contributed by atoms with Crippen molar-refractivity contribution < 1.29 is 27.4 Å². The minimum atomic E-state index is -4.71. The Hall–Kier alpha value is -2.54. The van der Waals surface area contributed by atoms with Crippen LogP contribution in [0.4, 0.5) is 13.2 Å². The summed E-state index contributed by atoms with van der Waals surface area (Å²) in [5.74, 6) is -0.722. The summed E-state index contributed by atoms with van der Waals surface area (Å²) in [6.07, 6.45) is -4.36. The second kappa shape index (κ2) is 8.02. The number of hydrogen-bond donors (Lipinski definition) is 1. The van der Waals surface area contributed by atoms with E-state index in [9.17, 15) is 18.0 Å². The summed E-state index contributed by atoms with van der Waals surface area (Å²) >= 11 is 0. The van der Waals surface area contributed by atoms with Crippen LogP contribution in [0.2, 0.25) is 0 Å². The van der Waals surface area contributed by atoms with Gasteiger partial charge < -0.3 is 15.2 Å². The molecule has 0 aliphatic heterocycles. The average molecular weight is 353 g/mol. The van der Waals surface area contributed by atoms with E-state index >= 15 is 0 Å². The lowest BCUT2D eigenvalue weighted by molar-refractivity contribution is -0.274. The smallest absolute Gasteiger partial charge is 0.465 e. The molecule has 0 radical (unpaired) electrons. The summed E-state index contributed by atoms with van der Waals surface area (Å²) in [5, 5.41) is 0. The number of halogens is 3. The average Bonchev–Trinajstić information content (AvgIpc) is 2.55. The Kier molecular flexibility index (Phi) is 6.03. The number of carbonyl (C=O) groups excluding carboxylic acids is 1. The number of benzene rings is 2. The molecule has 0 saturated heterocycles. The summed E-state index contributed by atoms with van der Waals surface area (Å²) in [7, 11) is 0. The highest BCUT2D eigenvalue weighted by Crippen LogP contribution is 2.26. The second-order valence-electron chi connectivity index (χ2n) is 5.33. The molecule has 0 aliphatic carbocycles. The molecule has 0 spiro atoms. The highest BCUT2D eigenvalue weighted by atomic mass is 19.4. The van der Waals surface area contributed by atoms with E-state index in [2.05, 4.69) is 4.74 Å². The zero-order valence-electron chi connectivity index (χ0n) is 13.5. The Morgan fingerprint density at radius 2 is 1.56 bits per heavy atom. The van der Waals surface area contributed by atoms with E-state index in [-0.39, 0.29) is 12.4 Å². The number of carbonyl (C=O) groups is 1. The van der Waals surface area contributed by atoms with Gasteiger partial charge in [-0.15, -0.1) is 13.2 Å². The lowest BCUT2D eigenvalue weighted by Crippen LogP contribution is -2.34. The number of rotatable bonds is 6. The zero-order valence-corrected chi connectivity index (χ0v) is 13.5. The molecule has 2 N–H and O–H groups in total. The fourth-order valence-electron chi connectivity index (χ4n) is 2.27. The predicted molar refractivity (Wildman–Crippen MR) is 86.9 cm³/mol. The van der Waals surface area contributed by atoms with Crippen LogP contribution in [-0.2, 0) is 16.0 Å². The van der Waals surface area contributed by atoms with E-state index in [1.807, 2.05) is 24.3 Å². The Bertz CT molecular complexity index is 697. The summed E-state index contributed by atoms with van der Waals surface area (Å²) in [6.45, 7) is 1.99. The van der Waals surface area contributed by atoms with E-state index in [0.29, 0.717) is 6.42 Å². The maximum Gasteiger partial charge on any atom is 0.573 e. The molecule has 0 fully saturated rings. The van der Waals surface area contributed by atoms with Crippen molar-refractivity contribution in [3.8, 4) is 16.9 Å². The summed E-state index contributed by atoms with van der Waals surface area (Å²) < 4.78 is 45.2. The van der Waals surface area contributed by atoms with Crippen LogP contribution in [0.5, 0.6) is 5.75 Å². The summed E-state index contributed by atoms with van der Waals surface area (Å²) in [4.78, 5) is 11.5. The molecule has 1 unspecified atom stereocenters. The van der Waals surface area contributed by atoms with Crippen molar-refractivity contribution in [1.29, 1.82) is 0 Å². The monoisotopic (exact) mass is 353 g/mol. The molecule has 2 aromatic rings. The molecule has 25 heavy (non-hydrogen) atoms. The first kappa shape index (κ1) is 18.8. The van der Waals surface area contributed by atoms with Crippen LogP contribution < -0.4 is 10.5 Å². The Morgan fingerprint density at radius 3 is 2.04 bits per heavy atom. The first-order chi connectivity index (χ1) is 11.8. The molecule has 1 atom stereocenters.